The van der Waals surface area contributed by atoms with Crippen LogP contribution in [0.25, 0.3) is 0 Å². The molecule has 0 aromatic heterocycles. The van der Waals surface area contributed by atoms with Crippen molar-refractivity contribution in [1.29, 1.82) is 0 Å². The van der Waals surface area contributed by atoms with Crippen LogP contribution in [0.2, 0.25) is 0 Å². The van der Waals surface area contributed by atoms with Crippen LogP contribution >= 0.6 is 0 Å². The SMILES string of the molecule is [Mg+2].[O]=[Al][O-].[O]=[Al][O-].[O]=[Al][O-].[O]=[Al][O-].[O]=[Al][O-].[Sc+3]. The molecule has 17 heavy (non-hydrogen) atoms. The first-order valence-electron chi connectivity index (χ1n) is 2.36. The van der Waals surface area contributed by atoms with Crippen molar-refractivity contribution in [1.82, 2.24) is 0 Å². The van der Waals surface area contributed by atoms with E-state index in [2.05, 4.69) is 0 Å². The van der Waals surface area contributed by atoms with Crippen LogP contribution in [0.3, 0.4) is 0 Å². The summed E-state index contributed by atoms with van der Waals surface area (Å²) in [6.45, 7) is 0. The van der Waals surface area contributed by atoms with Crippen molar-refractivity contribution in [3.05, 3.63) is 0 Å². The predicted molar refractivity (Wildman–Crippen MR) is 38.0 cm³/mol. The van der Waals surface area contributed by atoms with E-state index in [1.54, 1.807) is 0 Å². The van der Waals surface area contributed by atoms with E-state index in [0.29, 0.717) is 0 Å². The van der Waals surface area contributed by atoms with E-state index in [4.69, 9.17) is 39.8 Å². The van der Waals surface area contributed by atoms with Gasteiger partial charge in [0, 0.05) is 0 Å². The van der Waals surface area contributed by atoms with Crippen LogP contribution < -0.4 is 20.8 Å². The molecule has 0 aromatic carbocycles. The van der Waals surface area contributed by atoms with Gasteiger partial charge < -0.3 is 0 Å². The smallest absolute Gasteiger partial charge is 3.00 e. The quantitative estimate of drug-likeness (QED) is 0.371. The average molecular weight is 364 g/mol. The van der Waals surface area contributed by atoms with Crippen LogP contribution in [0.4, 0.5) is 0 Å². The monoisotopic (exact) mass is 364 g/mol. The summed E-state index contributed by atoms with van der Waals surface area (Å²) >= 11 is -8.75. The van der Waals surface area contributed by atoms with Gasteiger partial charge in [-0.05, 0) is 0 Å². The van der Waals surface area contributed by atoms with E-state index >= 15 is 0 Å². The van der Waals surface area contributed by atoms with Gasteiger partial charge in [-0.3, -0.25) is 0 Å². The molecule has 0 amide bonds. The molecule has 10 nitrogen and oxygen atoms in total. The van der Waals surface area contributed by atoms with Crippen LogP contribution in [0.15, 0.2) is 0 Å². The molecule has 0 saturated heterocycles. The Bertz CT molecular complexity index is 97.0. The first-order chi connectivity index (χ1) is 7.07. The Kier molecular flexibility index (Phi) is 258. The van der Waals surface area contributed by atoms with E-state index in [-0.39, 0.29) is 48.9 Å². The maximum absolute atomic E-state index is 8.46. The number of hydrogen-bond donors (Lipinski definition) is 0. The molecular weight excluding hydrogens is 364 g/mol. The van der Waals surface area contributed by atoms with Gasteiger partial charge in [-0.25, -0.2) is 0 Å². The summed E-state index contributed by atoms with van der Waals surface area (Å²) in [7, 11) is 0. The molecule has 0 aromatic rings. The van der Waals surface area contributed by atoms with Crippen molar-refractivity contribution in [3.63, 3.8) is 0 Å². The van der Waals surface area contributed by atoms with Gasteiger partial charge in [0.05, 0.1) is 0 Å². The Morgan fingerprint density at radius 3 is 0.471 bits per heavy atom. The van der Waals surface area contributed by atoms with Gasteiger partial charge >= 0.3 is 166 Å². The third-order valence-electron chi connectivity index (χ3n) is 0. The van der Waals surface area contributed by atoms with Crippen LogP contribution in [-0.2, 0) is 44.9 Å². The van der Waals surface area contributed by atoms with E-state index in [0.717, 1.165) is 0 Å². The van der Waals surface area contributed by atoms with Crippen molar-refractivity contribution in [2.45, 2.75) is 0 Å². The molecule has 0 spiro atoms. The van der Waals surface area contributed by atoms with Gasteiger partial charge in [0.2, 0.25) is 0 Å². The average Bonchev–Trinajstić information content (AvgIpc) is 2.09. The predicted octanol–water partition coefficient (Wildman–Crippen LogP) is -8.83. The van der Waals surface area contributed by atoms with Crippen LogP contribution in [0, 0.1) is 0 Å². The molecule has 0 rings (SSSR count). The summed E-state index contributed by atoms with van der Waals surface area (Å²) in [6.07, 6.45) is 0. The van der Waals surface area contributed by atoms with E-state index < -0.39 is 77.4 Å². The molecule has 0 aliphatic carbocycles. The maximum Gasteiger partial charge on any atom is 3.00 e. The standard InChI is InChI=1S/5Al.Mg.10O.Sc/q;;;;;+2;;;;;;5*-1;+3. The molecule has 0 aliphatic rings. The zero-order valence-electron chi connectivity index (χ0n) is 8.25. The fourth-order valence-electron chi connectivity index (χ4n) is 0. The topological polar surface area (TPSA) is 201 Å². The Hall–Kier alpha value is 2.30. The van der Waals surface area contributed by atoms with Gasteiger partial charge in [0.15, 0.2) is 0 Å². The maximum atomic E-state index is 8.46. The van der Waals surface area contributed by atoms with Gasteiger partial charge in [0.25, 0.3) is 0 Å². The Labute approximate surface area is 163 Å². The van der Waals surface area contributed by atoms with Gasteiger partial charge in [-0.1, -0.05) is 0 Å². The summed E-state index contributed by atoms with van der Waals surface area (Å²) < 4.78 is 84.6. The second-order valence-corrected chi connectivity index (χ2v) is 1.44. The van der Waals surface area contributed by atoms with Crippen molar-refractivity contribution < 1.29 is 65.7 Å². The second kappa shape index (κ2) is 103. The van der Waals surface area contributed by atoms with Crippen LogP contribution in [-0.4, -0.2) is 100 Å². The number of rotatable bonds is 0. The second-order valence-electron chi connectivity index (χ2n) is 0.481. The molecule has 0 radical (unpaired) electrons. The molecule has 17 heteroatoms. The van der Waals surface area contributed by atoms with Gasteiger partial charge in [0.1, 0.15) is 0 Å². The van der Waals surface area contributed by atoms with Gasteiger partial charge in [-0.15, -0.1) is 0 Å². The zero-order valence-corrected chi connectivity index (χ0v) is 17.2. The van der Waals surface area contributed by atoms with Crippen molar-refractivity contribution in [3.8, 4) is 0 Å². The van der Waals surface area contributed by atoms with Crippen molar-refractivity contribution in [2.24, 2.45) is 0 Å². The third-order valence-corrected chi connectivity index (χ3v) is 0. The van der Waals surface area contributed by atoms with Crippen LogP contribution in [0.1, 0.15) is 0 Å². The van der Waals surface area contributed by atoms with Gasteiger partial charge in [-0.2, -0.15) is 0 Å². The molecule has 0 atom stereocenters. The van der Waals surface area contributed by atoms with Crippen LogP contribution in [0.5, 0.6) is 0 Å². The molecule has 80 valence electrons. The Balaban J connectivity index is -0.0000000143. The molecule has 0 saturated carbocycles. The minimum absolute atomic E-state index is 0. The van der Waals surface area contributed by atoms with E-state index in [1.807, 2.05) is 0 Å². The minimum atomic E-state index is -1.75. The summed E-state index contributed by atoms with van der Waals surface area (Å²) in [5.41, 5.74) is 0. The summed E-state index contributed by atoms with van der Waals surface area (Å²) in [5, 5.41) is 0. The molecule has 0 heterocycles. The Morgan fingerprint density at radius 1 is 0.471 bits per heavy atom. The van der Waals surface area contributed by atoms with E-state index in [9.17, 15) is 0 Å². The molecular formula is Al5MgO10Sc. The molecule has 0 N–H and O–H groups in total. The van der Waals surface area contributed by atoms with E-state index in [1.165, 1.54) is 0 Å². The molecule has 0 bridgehead atoms. The molecule has 0 aliphatic heterocycles. The fraction of sp³-hybridized carbons (Fsp3) is 0. The number of hydrogen-bond acceptors (Lipinski definition) is 10. The van der Waals surface area contributed by atoms with Crippen molar-refractivity contribution in [2.75, 3.05) is 0 Å². The summed E-state index contributed by atoms with van der Waals surface area (Å²) in [4.78, 5) is 0. The zero-order chi connectivity index (χ0) is 13.5. The fourth-order valence-corrected chi connectivity index (χ4v) is 0. The normalized spacial score (nSPS) is 2.35. The first kappa shape index (κ1) is 42.7. The first-order valence-corrected chi connectivity index (χ1v) is 7.07. The molecule has 0 fully saturated rings. The molecule has 0 unspecified atom stereocenters. The minimum Gasteiger partial charge on any atom is 3.00 e. The largest absolute Gasteiger partial charge is 3.00 e. The summed E-state index contributed by atoms with van der Waals surface area (Å²) in [5.74, 6) is 0. The Morgan fingerprint density at radius 2 is 0.471 bits per heavy atom. The third kappa shape index (κ3) is 920. The summed E-state index contributed by atoms with van der Waals surface area (Å²) in [6, 6.07) is 0. The van der Waals surface area contributed by atoms with Crippen molar-refractivity contribution >= 4 is 100 Å².